The predicted molar refractivity (Wildman–Crippen MR) is 64.6 cm³/mol. The van der Waals surface area contributed by atoms with Gasteiger partial charge in [0, 0.05) is 10.3 Å². The molecule has 1 aromatic heterocycles. The molecule has 0 bridgehead atoms. The van der Waals surface area contributed by atoms with Gasteiger partial charge in [-0.25, -0.2) is 0 Å². The summed E-state index contributed by atoms with van der Waals surface area (Å²) in [6.45, 7) is 2.12. The summed E-state index contributed by atoms with van der Waals surface area (Å²) < 4.78 is 1.22. The van der Waals surface area contributed by atoms with Crippen LogP contribution < -0.4 is 0 Å². The second-order valence-electron chi connectivity index (χ2n) is 3.11. The third-order valence-corrected chi connectivity index (χ3v) is 4.31. The first kappa shape index (κ1) is 9.87. The summed E-state index contributed by atoms with van der Waals surface area (Å²) in [7, 11) is 0. The van der Waals surface area contributed by atoms with Crippen LogP contribution in [0.15, 0.2) is 22.4 Å². The van der Waals surface area contributed by atoms with Gasteiger partial charge in [-0.15, -0.1) is 23.1 Å². The molecule has 0 spiro atoms. The third-order valence-electron chi connectivity index (χ3n) is 2.34. The van der Waals surface area contributed by atoms with Crippen LogP contribution in [0.2, 0.25) is 0 Å². The van der Waals surface area contributed by atoms with E-state index in [0.29, 0.717) is 5.75 Å². The molecule has 14 heavy (non-hydrogen) atoms. The number of hydrogen-bond donors (Lipinski definition) is 1. The number of phenols is 1. The number of thioether (sulfide) groups is 1. The van der Waals surface area contributed by atoms with Crippen molar-refractivity contribution in [1.29, 1.82) is 0 Å². The number of aryl methyl sites for hydroxylation is 1. The van der Waals surface area contributed by atoms with Crippen LogP contribution >= 0.6 is 23.1 Å². The molecule has 0 saturated carbocycles. The first-order valence-corrected chi connectivity index (χ1v) is 6.64. The molecule has 1 heterocycles. The molecule has 2 aromatic rings. The lowest BCUT2D eigenvalue weighted by Gasteiger charge is -2.02. The average molecular weight is 224 g/mol. The van der Waals surface area contributed by atoms with Crippen LogP contribution in [0.5, 0.6) is 5.75 Å². The van der Waals surface area contributed by atoms with E-state index in [-0.39, 0.29) is 0 Å². The van der Waals surface area contributed by atoms with E-state index in [1.807, 2.05) is 6.07 Å². The summed E-state index contributed by atoms with van der Waals surface area (Å²) >= 11 is 3.45. The number of hydrogen-bond acceptors (Lipinski definition) is 3. The number of aromatic hydroxyl groups is 1. The molecule has 0 amide bonds. The zero-order valence-electron chi connectivity index (χ0n) is 8.20. The minimum atomic E-state index is 0.413. The SMILES string of the molecule is CCc1csc2c(SC)ccc(O)c12. The van der Waals surface area contributed by atoms with Crippen LogP contribution in [0.1, 0.15) is 12.5 Å². The highest BCUT2D eigenvalue weighted by Gasteiger charge is 2.10. The Morgan fingerprint density at radius 2 is 2.21 bits per heavy atom. The predicted octanol–water partition coefficient (Wildman–Crippen LogP) is 3.89. The minimum absolute atomic E-state index is 0.413. The fourth-order valence-corrected chi connectivity index (χ4v) is 3.56. The molecule has 0 aliphatic heterocycles. The number of rotatable bonds is 2. The Bertz CT molecular complexity index is 460. The number of fused-ring (bicyclic) bond motifs is 1. The van der Waals surface area contributed by atoms with Gasteiger partial charge >= 0.3 is 0 Å². The van der Waals surface area contributed by atoms with Crippen molar-refractivity contribution in [2.24, 2.45) is 0 Å². The standard InChI is InChI=1S/C11H12OS2/c1-3-7-6-14-11-9(13-2)5-4-8(12)10(7)11/h4-6,12H,3H2,1-2H3. The highest BCUT2D eigenvalue weighted by molar-refractivity contribution is 7.99. The molecular weight excluding hydrogens is 212 g/mol. The molecule has 0 aliphatic rings. The third kappa shape index (κ3) is 1.41. The van der Waals surface area contributed by atoms with Gasteiger partial charge in [-0.2, -0.15) is 0 Å². The summed E-state index contributed by atoms with van der Waals surface area (Å²) in [4.78, 5) is 1.25. The van der Waals surface area contributed by atoms with E-state index in [0.717, 1.165) is 11.8 Å². The van der Waals surface area contributed by atoms with Gasteiger partial charge in [0.1, 0.15) is 5.75 Å². The van der Waals surface area contributed by atoms with Crippen LogP contribution in [0.4, 0.5) is 0 Å². The molecule has 3 heteroatoms. The number of phenolic OH excluding ortho intramolecular Hbond substituents is 1. The topological polar surface area (TPSA) is 20.2 Å². The van der Waals surface area contributed by atoms with E-state index >= 15 is 0 Å². The van der Waals surface area contributed by atoms with Crippen LogP contribution in [-0.2, 0) is 6.42 Å². The Balaban J connectivity index is 2.80. The van der Waals surface area contributed by atoms with Crippen molar-refractivity contribution in [3.05, 3.63) is 23.1 Å². The van der Waals surface area contributed by atoms with Gasteiger partial charge in [0.25, 0.3) is 0 Å². The summed E-state index contributed by atoms with van der Waals surface area (Å²) in [6.07, 6.45) is 3.04. The number of benzene rings is 1. The van der Waals surface area contributed by atoms with Crippen molar-refractivity contribution in [2.45, 2.75) is 18.2 Å². The molecular formula is C11H12OS2. The molecule has 0 saturated heterocycles. The molecule has 1 nitrogen and oxygen atoms in total. The Morgan fingerprint density at radius 1 is 1.43 bits per heavy atom. The second kappa shape index (κ2) is 3.83. The van der Waals surface area contributed by atoms with Crippen molar-refractivity contribution in [3.63, 3.8) is 0 Å². The van der Waals surface area contributed by atoms with Gasteiger partial charge in [-0.05, 0) is 35.8 Å². The average Bonchev–Trinajstić information content (AvgIpc) is 2.63. The van der Waals surface area contributed by atoms with Crippen molar-refractivity contribution in [3.8, 4) is 5.75 Å². The number of thiophene rings is 1. The smallest absolute Gasteiger partial charge is 0.124 e. The van der Waals surface area contributed by atoms with Gasteiger partial charge in [0.15, 0.2) is 0 Å². The van der Waals surface area contributed by atoms with Crippen LogP contribution in [0.25, 0.3) is 10.1 Å². The quantitative estimate of drug-likeness (QED) is 0.781. The normalized spacial score (nSPS) is 11.0. The molecule has 2 rings (SSSR count). The van der Waals surface area contributed by atoms with Crippen molar-refractivity contribution in [1.82, 2.24) is 0 Å². The largest absolute Gasteiger partial charge is 0.507 e. The van der Waals surface area contributed by atoms with Gasteiger partial charge in [0.05, 0.1) is 4.70 Å². The maximum absolute atomic E-state index is 9.79. The van der Waals surface area contributed by atoms with Crippen molar-refractivity contribution in [2.75, 3.05) is 6.26 Å². The molecule has 0 unspecified atom stereocenters. The maximum atomic E-state index is 9.79. The fraction of sp³-hybridized carbons (Fsp3) is 0.273. The zero-order chi connectivity index (χ0) is 10.1. The monoisotopic (exact) mass is 224 g/mol. The van der Waals surface area contributed by atoms with Gasteiger partial charge < -0.3 is 5.11 Å². The first-order valence-electron chi connectivity index (χ1n) is 4.54. The lowest BCUT2D eigenvalue weighted by Crippen LogP contribution is -1.78. The van der Waals surface area contributed by atoms with Crippen molar-refractivity contribution >= 4 is 33.2 Å². The fourth-order valence-electron chi connectivity index (χ4n) is 1.59. The maximum Gasteiger partial charge on any atom is 0.124 e. The molecule has 74 valence electrons. The minimum Gasteiger partial charge on any atom is -0.507 e. The summed E-state index contributed by atoms with van der Waals surface area (Å²) in [6, 6.07) is 3.78. The molecule has 1 N–H and O–H groups in total. The lowest BCUT2D eigenvalue weighted by atomic mass is 10.1. The highest BCUT2D eigenvalue weighted by atomic mass is 32.2. The van der Waals surface area contributed by atoms with E-state index in [9.17, 15) is 5.11 Å². The molecule has 0 radical (unpaired) electrons. The molecule has 0 fully saturated rings. The molecule has 1 aromatic carbocycles. The van der Waals surface area contributed by atoms with E-state index < -0.39 is 0 Å². The van der Waals surface area contributed by atoms with Crippen molar-refractivity contribution < 1.29 is 5.11 Å². The second-order valence-corrected chi connectivity index (χ2v) is 4.83. The Morgan fingerprint density at radius 3 is 2.86 bits per heavy atom. The molecule has 0 aliphatic carbocycles. The van der Waals surface area contributed by atoms with Crippen LogP contribution in [-0.4, -0.2) is 11.4 Å². The summed E-state index contributed by atoms with van der Waals surface area (Å²) in [5.41, 5.74) is 1.25. The highest BCUT2D eigenvalue weighted by Crippen LogP contribution is 2.39. The van der Waals surface area contributed by atoms with E-state index in [2.05, 4.69) is 18.6 Å². The summed E-state index contributed by atoms with van der Waals surface area (Å²) in [5, 5.41) is 13.0. The lowest BCUT2D eigenvalue weighted by molar-refractivity contribution is 0.481. The van der Waals surface area contributed by atoms with Crippen LogP contribution in [0, 0.1) is 0 Å². The summed E-state index contributed by atoms with van der Waals surface area (Å²) in [5.74, 6) is 0.413. The molecule has 0 atom stereocenters. The van der Waals surface area contributed by atoms with Gasteiger partial charge in [0.2, 0.25) is 0 Å². The Labute approximate surface area is 91.8 Å². The van der Waals surface area contributed by atoms with E-state index in [1.54, 1.807) is 29.2 Å². The van der Waals surface area contributed by atoms with Gasteiger partial charge in [-0.3, -0.25) is 0 Å². The van der Waals surface area contributed by atoms with Crippen LogP contribution in [0.3, 0.4) is 0 Å². The van der Waals surface area contributed by atoms with E-state index in [1.165, 1.54) is 15.2 Å². The van der Waals surface area contributed by atoms with Gasteiger partial charge in [-0.1, -0.05) is 6.92 Å². The van der Waals surface area contributed by atoms with E-state index in [4.69, 9.17) is 0 Å². The first-order chi connectivity index (χ1) is 6.77. The Hall–Kier alpha value is -0.670. The Kier molecular flexibility index (Phi) is 2.70. The zero-order valence-corrected chi connectivity index (χ0v) is 9.84.